The first kappa shape index (κ1) is 21.4. The molecule has 8 heteroatoms. The second-order valence-electron chi connectivity index (χ2n) is 7.07. The molecule has 0 aliphatic carbocycles. The van der Waals surface area contributed by atoms with E-state index in [1.54, 1.807) is 42.5 Å². The van der Waals surface area contributed by atoms with Crippen LogP contribution in [0.15, 0.2) is 60.7 Å². The van der Waals surface area contributed by atoms with Crippen LogP contribution in [0.2, 0.25) is 5.02 Å². The summed E-state index contributed by atoms with van der Waals surface area (Å²) >= 11 is 7.67. The molecule has 4 rings (SSSR count). The van der Waals surface area contributed by atoms with Gasteiger partial charge >= 0.3 is 11.9 Å². The zero-order valence-electron chi connectivity index (χ0n) is 16.5. The van der Waals surface area contributed by atoms with E-state index < -0.39 is 18.0 Å². The van der Waals surface area contributed by atoms with Gasteiger partial charge in [-0.2, -0.15) is 0 Å². The first-order valence-electron chi connectivity index (χ1n) is 9.72. The average Bonchev–Trinajstić information content (AvgIpc) is 3.16. The third kappa shape index (κ3) is 5.07. The van der Waals surface area contributed by atoms with Gasteiger partial charge in [0.1, 0.15) is 11.8 Å². The highest BCUT2D eigenvalue weighted by molar-refractivity contribution is 7.14. The Kier molecular flexibility index (Phi) is 6.56. The highest BCUT2D eigenvalue weighted by Crippen LogP contribution is 2.37. The molecule has 0 fully saturated rings. The minimum absolute atomic E-state index is 0.188. The molecule has 6 nitrogen and oxygen atoms in total. The van der Waals surface area contributed by atoms with Gasteiger partial charge in [-0.15, -0.1) is 11.3 Å². The van der Waals surface area contributed by atoms with Crippen molar-refractivity contribution in [3.05, 3.63) is 81.7 Å². The minimum Gasteiger partial charge on any atom is -0.482 e. The number of carbonyl (C=O) groups is 2. The summed E-state index contributed by atoms with van der Waals surface area (Å²) in [7, 11) is 0. The van der Waals surface area contributed by atoms with Gasteiger partial charge in [-0.05, 0) is 41.8 Å². The average molecular weight is 458 g/mol. The van der Waals surface area contributed by atoms with Gasteiger partial charge in [0.15, 0.2) is 11.7 Å². The highest BCUT2D eigenvalue weighted by Gasteiger charge is 2.32. The summed E-state index contributed by atoms with van der Waals surface area (Å²) < 4.78 is 10.9. The van der Waals surface area contributed by atoms with Gasteiger partial charge in [-0.1, -0.05) is 48.0 Å². The molecule has 1 aromatic heterocycles. The molecule has 1 N–H and O–H groups in total. The molecule has 0 radical (unpaired) electrons. The smallest absolute Gasteiger partial charge is 0.350 e. The summed E-state index contributed by atoms with van der Waals surface area (Å²) in [6, 6.07) is 17.0. The molecule has 0 saturated heterocycles. The highest BCUT2D eigenvalue weighted by atomic mass is 35.5. The van der Waals surface area contributed by atoms with Crippen LogP contribution in [0.1, 0.15) is 22.0 Å². The van der Waals surface area contributed by atoms with Crippen LogP contribution in [0, 0.1) is 0 Å². The first-order valence-corrected chi connectivity index (χ1v) is 10.9. The molecular formula is C23H20ClNO5S. The maximum Gasteiger partial charge on any atom is 0.350 e. The predicted molar refractivity (Wildman–Crippen MR) is 118 cm³/mol. The number of para-hydroxylation sites is 1. The number of carbonyl (C=O) groups excluding carboxylic acids is 1. The van der Waals surface area contributed by atoms with Gasteiger partial charge in [-0.3, -0.25) is 9.69 Å². The van der Waals surface area contributed by atoms with E-state index in [0.717, 1.165) is 10.4 Å². The van der Waals surface area contributed by atoms with Crippen LogP contribution in [0.3, 0.4) is 0 Å². The lowest BCUT2D eigenvalue weighted by Gasteiger charge is -2.32. The molecule has 160 valence electrons. The second kappa shape index (κ2) is 9.51. The minimum atomic E-state index is -0.948. The number of thiophene rings is 1. The van der Waals surface area contributed by atoms with Gasteiger partial charge in [0, 0.05) is 23.0 Å². The number of carboxylic acids is 1. The number of nitrogens with zero attached hydrogens (tertiary/aromatic N) is 1. The Bertz CT molecular complexity index is 1080. The molecular weight excluding hydrogens is 438 g/mol. The first-order chi connectivity index (χ1) is 15.0. The number of esters is 1. The largest absolute Gasteiger partial charge is 0.482 e. The quantitative estimate of drug-likeness (QED) is 0.524. The van der Waals surface area contributed by atoms with E-state index in [2.05, 4.69) is 0 Å². The lowest BCUT2D eigenvalue weighted by molar-refractivity contribution is -0.144. The normalized spacial score (nSPS) is 14.5. The number of fused-ring (bicyclic) bond motifs is 1. The zero-order valence-corrected chi connectivity index (χ0v) is 18.1. The predicted octanol–water partition coefficient (Wildman–Crippen LogP) is 4.57. The Morgan fingerprint density at radius 1 is 1.13 bits per heavy atom. The molecule has 0 bridgehead atoms. The van der Waals surface area contributed by atoms with Gasteiger partial charge in [0.05, 0.1) is 0 Å². The van der Waals surface area contributed by atoms with Crippen molar-refractivity contribution in [1.29, 1.82) is 0 Å². The number of rotatable bonds is 7. The Hall–Kier alpha value is -2.87. The summed E-state index contributed by atoms with van der Waals surface area (Å²) in [5, 5.41) is 10.8. The van der Waals surface area contributed by atoms with E-state index in [4.69, 9.17) is 21.1 Å². The molecule has 0 saturated carbocycles. The van der Waals surface area contributed by atoms with Gasteiger partial charge in [0.2, 0.25) is 0 Å². The van der Waals surface area contributed by atoms with Crippen LogP contribution in [0.25, 0.3) is 0 Å². The molecule has 2 aromatic carbocycles. The van der Waals surface area contributed by atoms with Crippen LogP contribution < -0.4 is 9.47 Å². The fraction of sp³-hybridized carbons (Fsp3) is 0.217. The van der Waals surface area contributed by atoms with E-state index >= 15 is 0 Å². The standard InChI is InChI=1S/C23H20ClNO5S/c24-18-9-5-4-8-17(18)22(23(27)28)25-11-10-19-15(13-25)12-21(31-19)30-20(26)14-29-16-6-2-1-3-7-16/h1-9,12,22H,10-11,13-14H2,(H,27,28). The van der Waals surface area contributed by atoms with Gasteiger partial charge < -0.3 is 14.6 Å². The van der Waals surface area contributed by atoms with Crippen molar-refractivity contribution >= 4 is 34.9 Å². The molecule has 3 aromatic rings. The maximum absolute atomic E-state index is 12.1. The van der Waals surface area contributed by atoms with Crippen molar-refractivity contribution in [3.63, 3.8) is 0 Å². The van der Waals surface area contributed by atoms with E-state index in [-0.39, 0.29) is 6.61 Å². The lowest BCUT2D eigenvalue weighted by Crippen LogP contribution is -2.37. The molecule has 1 unspecified atom stereocenters. The fourth-order valence-electron chi connectivity index (χ4n) is 3.58. The number of hydrogen-bond donors (Lipinski definition) is 1. The monoisotopic (exact) mass is 457 g/mol. The topological polar surface area (TPSA) is 76.1 Å². The molecule has 1 atom stereocenters. The van der Waals surface area contributed by atoms with E-state index in [1.807, 2.05) is 23.1 Å². The molecule has 1 aliphatic heterocycles. The van der Waals surface area contributed by atoms with Crippen LogP contribution in [-0.2, 0) is 22.6 Å². The molecule has 0 amide bonds. The molecule has 2 heterocycles. The number of hydrogen-bond acceptors (Lipinski definition) is 6. The zero-order chi connectivity index (χ0) is 21.8. The Morgan fingerprint density at radius 2 is 1.87 bits per heavy atom. The van der Waals surface area contributed by atoms with Crippen LogP contribution >= 0.6 is 22.9 Å². The van der Waals surface area contributed by atoms with Crippen LogP contribution in [0.5, 0.6) is 10.8 Å². The Morgan fingerprint density at radius 3 is 2.61 bits per heavy atom. The van der Waals surface area contributed by atoms with Crippen molar-refractivity contribution in [1.82, 2.24) is 4.90 Å². The summed E-state index contributed by atoms with van der Waals surface area (Å²) in [4.78, 5) is 27.1. The van der Waals surface area contributed by atoms with Crippen molar-refractivity contribution < 1.29 is 24.2 Å². The molecule has 31 heavy (non-hydrogen) atoms. The SMILES string of the molecule is O=C(COc1ccccc1)Oc1cc2c(s1)CCN(C(C(=O)O)c1ccccc1Cl)C2. The molecule has 0 spiro atoms. The summed E-state index contributed by atoms with van der Waals surface area (Å²) in [5.41, 5.74) is 1.53. The van der Waals surface area contributed by atoms with E-state index in [0.29, 0.717) is 40.9 Å². The van der Waals surface area contributed by atoms with Crippen molar-refractivity contribution in [2.45, 2.75) is 19.0 Å². The number of ether oxygens (including phenoxy) is 2. The van der Waals surface area contributed by atoms with Crippen molar-refractivity contribution in [2.75, 3.05) is 13.2 Å². The number of carboxylic acid groups (broad SMARTS) is 1. The summed E-state index contributed by atoms with van der Waals surface area (Å²) in [6.45, 7) is 0.818. The lowest BCUT2D eigenvalue weighted by atomic mass is 10.0. The summed E-state index contributed by atoms with van der Waals surface area (Å²) in [5.74, 6) is -0.838. The Labute approximate surface area is 188 Å². The van der Waals surface area contributed by atoms with Crippen molar-refractivity contribution in [3.8, 4) is 10.8 Å². The summed E-state index contributed by atoms with van der Waals surface area (Å²) in [6.07, 6.45) is 0.673. The van der Waals surface area contributed by atoms with E-state index in [9.17, 15) is 14.7 Å². The number of aliphatic carboxylic acids is 1. The van der Waals surface area contributed by atoms with E-state index in [1.165, 1.54) is 11.3 Å². The number of halogens is 1. The maximum atomic E-state index is 12.1. The third-order valence-electron chi connectivity index (χ3n) is 4.99. The Balaban J connectivity index is 1.42. The molecule has 1 aliphatic rings. The second-order valence-corrected chi connectivity index (χ2v) is 8.58. The van der Waals surface area contributed by atoms with Crippen LogP contribution in [-0.4, -0.2) is 35.1 Å². The fourth-order valence-corrected chi connectivity index (χ4v) is 4.85. The van der Waals surface area contributed by atoms with Gasteiger partial charge in [0.25, 0.3) is 0 Å². The number of benzene rings is 2. The van der Waals surface area contributed by atoms with Gasteiger partial charge in [-0.25, -0.2) is 4.79 Å². The van der Waals surface area contributed by atoms with Crippen molar-refractivity contribution in [2.24, 2.45) is 0 Å². The third-order valence-corrected chi connectivity index (χ3v) is 6.45. The van der Waals surface area contributed by atoms with Crippen LogP contribution in [0.4, 0.5) is 0 Å².